The quantitative estimate of drug-likeness (QED) is 0.434. The van der Waals surface area contributed by atoms with Crippen molar-refractivity contribution in [3.63, 3.8) is 0 Å². The zero-order valence-corrected chi connectivity index (χ0v) is 8.98. The van der Waals surface area contributed by atoms with Gasteiger partial charge >= 0.3 is 0 Å². The van der Waals surface area contributed by atoms with E-state index in [-0.39, 0.29) is 6.42 Å². The summed E-state index contributed by atoms with van der Waals surface area (Å²) in [5.41, 5.74) is -0.363. The molecule has 0 aliphatic heterocycles. The van der Waals surface area contributed by atoms with Gasteiger partial charge in [-0.3, -0.25) is 0 Å². The van der Waals surface area contributed by atoms with Gasteiger partial charge in [0, 0.05) is 12.0 Å². The second-order valence-corrected chi connectivity index (χ2v) is 3.71. The number of benzene rings is 2. The maximum absolute atomic E-state index is 13.4. The van der Waals surface area contributed by atoms with Crippen molar-refractivity contribution in [1.29, 1.82) is 0 Å². The van der Waals surface area contributed by atoms with Crippen molar-refractivity contribution < 1.29 is 22.0 Å². The highest BCUT2D eigenvalue weighted by atomic mass is 19.2. The lowest BCUT2D eigenvalue weighted by Gasteiger charge is -2.08. The minimum atomic E-state index is -2.14. The van der Waals surface area contributed by atoms with E-state index in [9.17, 15) is 22.0 Å². The molecule has 0 saturated carbocycles. The first-order valence-corrected chi connectivity index (χ1v) is 5.06. The van der Waals surface area contributed by atoms with Crippen molar-refractivity contribution in [2.24, 2.45) is 0 Å². The van der Waals surface area contributed by atoms with Crippen molar-refractivity contribution in [3.8, 4) is 0 Å². The van der Waals surface area contributed by atoms with Crippen LogP contribution in [0.25, 0.3) is 0 Å². The van der Waals surface area contributed by atoms with Crippen LogP contribution in [0.2, 0.25) is 0 Å². The van der Waals surface area contributed by atoms with Gasteiger partial charge in [-0.1, -0.05) is 30.3 Å². The summed E-state index contributed by atoms with van der Waals surface area (Å²) < 4.78 is 65.4. The molecule has 0 N–H and O–H groups in total. The van der Waals surface area contributed by atoms with Crippen LogP contribution in [-0.2, 0) is 6.42 Å². The normalized spacial score (nSPS) is 10.7. The fourth-order valence-corrected chi connectivity index (χ4v) is 1.61. The molecule has 0 aromatic heterocycles. The van der Waals surface area contributed by atoms with Gasteiger partial charge in [0.25, 0.3) is 0 Å². The molecule has 2 aromatic rings. The highest BCUT2D eigenvalue weighted by Crippen LogP contribution is 2.24. The third-order valence-corrected chi connectivity index (χ3v) is 2.52. The third-order valence-electron chi connectivity index (χ3n) is 2.52. The summed E-state index contributed by atoms with van der Waals surface area (Å²) >= 11 is 0. The smallest absolute Gasteiger partial charge is 0.200 e. The lowest BCUT2D eigenvalue weighted by Crippen LogP contribution is -2.07. The summed E-state index contributed by atoms with van der Waals surface area (Å²) in [7, 11) is 0. The highest BCUT2D eigenvalue weighted by Gasteiger charge is 2.25. The standard InChI is InChI=1S/C13H7F5/c14-9-8(6-7-4-2-1-3-5-7)10(15)12(17)13(18)11(9)16/h1-5H,6H2. The lowest BCUT2D eigenvalue weighted by atomic mass is 10.0. The molecule has 94 valence electrons. The molecule has 0 aliphatic rings. The molecule has 0 heterocycles. The maximum atomic E-state index is 13.4. The Kier molecular flexibility index (Phi) is 3.32. The SMILES string of the molecule is Fc1c(F)c(F)c(Cc2ccccc2)c(F)c1F. The molecule has 0 radical (unpaired) electrons. The fourth-order valence-electron chi connectivity index (χ4n) is 1.61. The summed E-state index contributed by atoms with van der Waals surface area (Å²) in [6, 6.07) is 7.99. The molecule has 0 bridgehead atoms. The molecule has 0 unspecified atom stereocenters. The van der Waals surface area contributed by atoms with Gasteiger partial charge < -0.3 is 0 Å². The van der Waals surface area contributed by atoms with E-state index < -0.39 is 34.6 Å². The Hall–Kier alpha value is -1.91. The van der Waals surface area contributed by atoms with Crippen LogP contribution in [0.15, 0.2) is 30.3 Å². The summed E-state index contributed by atoms with van der Waals surface area (Å²) in [5.74, 6) is -9.54. The van der Waals surface area contributed by atoms with Gasteiger partial charge in [-0.25, -0.2) is 22.0 Å². The first-order valence-electron chi connectivity index (χ1n) is 5.06. The Bertz CT molecular complexity index is 549. The summed E-state index contributed by atoms with van der Waals surface area (Å²) in [6.07, 6.45) is -0.355. The van der Waals surface area contributed by atoms with Crippen LogP contribution in [0.3, 0.4) is 0 Å². The number of halogens is 5. The summed E-state index contributed by atoms with van der Waals surface area (Å²) in [4.78, 5) is 0. The van der Waals surface area contributed by atoms with Gasteiger partial charge in [0.1, 0.15) is 0 Å². The predicted octanol–water partition coefficient (Wildman–Crippen LogP) is 3.97. The van der Waals surface area contributed by atoms with Gasteiger partial charge in [0.15, 0.2) is 23.3 Å². The van der Waals surface area contributed by atoms with Crippen LogP contribution in [0.1, 0.15) is 11.1 Å². The topological polar surface area (TPSA) is 0 Å². The highest BCUT2D eigenvalue weighted by molar-refractivity contribution is 5.30. The molecule has 2 aromatic carbocycles. The molecular formula is C13H7F5. The second kappa shape index (κ2) is 4.76. The molecule has 0 amide bonds. The van der Waals surface area contributed by atoms with Crippen LogP contribution in [0.5, 0.6) is 0 Å². The first-order chi connectivity index (χ1) is 8.52. The summed E-state index contributed by atoms with van der Waals surface area (Å²) in [5, 5.41) is 0. The van der Waals surface area contributed by atoms with E-state index in [2.05, 4.69) is 0 Å². The van der Waals surface area contributed by atoms with E-state index in [0.29, 0.717) is 5.56 Å². The van der Waals surface area contributed by atoms with E-state index in [1.807, 2.05) is 0 Å². The Morgan fingerprint density at radius 2 is 1.06 bits per heavy atom. The molecule has 0 nitrogen and oxygen atoms in total. The fraction of sp³-hybridized carbons (Fsp3) is 0.0769. The van der Waals surface area contributed by atoms with E-state index in [1.54, 1.807) is 18.2 Å². The molecule has 5 heteroatoms. The van der Waals surface area contributed by atoms with Gasteiger partial charge in [0.05, 0.1) is 0 Å². The Labute approximate surface area is 99.7 Å². The second-order valence-electron chi connectivity index (χ2n) is 3.71. The predicted molar refractivity (Wildman–Crippen MR) is 55.5 cm³/mol. The van der Waals surface area contributed by atoms with Crippen molar-refractivity contribution in [2.45, 2.75) is 6.42 Å². The van der Waals surface area contributed by atoms with E-state index in [0.717, 1.165) is 0 Å². The average molecular weight is 258 g/mol. The first kappa shape index (κ1) is 12.5. The Morgan fingerprint density at radius 1 is 0.611 bits per heavy atom. The third kappa shape index (κ3) is 2.08. The largest absolute Gasteiger partial charge is 0.203 e. The molecule has 0 aliphatic carbocycles. The Balaban J connectivity index is 2.52. The van der Waals surface area contributed by atoms with Gasteiger partial charge in [-0.05, 0) is 5.56 Å². The van der Waals surface area contributed by atoms with Gasteiger partial charge in [-0.2, -0.15) is 0 Å². The van der Waals surface area contributed by atoms with Gasteiger partial charge in [-0.15, -0.1) is 0 Å². The molecule has 2 rings (SSSR count). The van der Waals surface area contributed by atoms with Crippen molar-refractivity contribution in [3.05, 3.63) is 70.5 Å². The van der Waals surface area contributed by atoms with E-state index in [1.165, 1.54) is 12.1 Å². The van der Waals surface area contributed by atoms with Crippen LogP contribution in [0.4, 0.5) is 22.0 Å². The van der Waals surface area contributed by atoms with Crippen LogP contribution >= 0.6 is 0 Å². The number of hydrogen-bond donors (Lipinski definition) is 0. The average Bonchev–Trinajstić information content (AvgIpc) is 2.40. The molecule has 18 heavy (non-hydrogen) atoms. The van der Waals surface area contributed by atoms with Crippen LogP contribution in [-0.4, -0.2) is 0 Å². The zero-order chi connectivity index (χ0) is 13.3. The van der Waals surface area contributed by atoms with Crippen molar-refractivity contribution in [1.82, 2.24) is 0 Å². The monoisotopic (exact) mass is 258 g/mol. The molecular weight excluding hydrogens is 251 g/mol. The molecule has 0 fully saturated rings. The van der Waals surface area contributed by atoms with E-state index in [4.69, 9.17) is 0 Å². The van der Waals surface area contributed by atoms with Crippen molar-refractivity contribution in [2.75, 3.05) is 0 Å². The Morgan fingerprint density at radius 3 is 1.56 bits per heavy atom. The van der Waals surface area contributed by atoms with Gasteiger partial charge in [0.2, 0.25) is 5.82 Å². The van der Waals surface area contributed by atoms with Crippen LogP contribution in [0, 0.1) is 29.1 Å². The van der Waals surface area contributed by atoms with E-state index >= 15 is 0 Å². The lowest BCUT2D eigenvalue weighted by molar-refractivity contribution is 0.371. The molecule has 0 saturated heterocycles. The number of hydrogen-bond acceptors (Lipinski definition) is 0. The summed E-state index contributed by atoms with van der Waals surface area (Å²) in [6.45, 7) is 0. The molecule has 0 spiro atoms. The zero-order valence-electron chi connectivity index (χ0n) is 8.98. The minimum absolute atomic E-state index is 0.355. The van der Waals surface area contributed by atoms with Crippen molar-refractivity contribution >= 4 is 0 Å². The van der Waals surface area contributed by atoms with Crippen LogP contribution < -0.4 is 0 Å². The minimum Gasteiger partial charge on any atom is -0.203 e. The molecule has 0 atom stereocenters. The maximum Gasteiger partial charge on any atom is 0.200 e. The number of rotatable bonds is 2.